The zero-order valence-corrected chi connectivity index (χ0v) is 13.7. The first-order chi connectivity index (χ1) is 12.1. The molecule has 0 spiro atoms. The highest BCUT2D eigenvalue weighted by Crippen LogP contribution is 2.26. The van der Waals surface area contributed by atoms with E-state index in [1.54, 1.807) is 0 Å². The average molecular weight is 333 g/mol. The SMILES string of the molecule is Cc1c(CC(=O)c2ncc(C=O)cc2F)cccc1-c1ccccc1. The first-order valence-corrected chi connectivity index (χ1v) is 7.88. The lowest BCUT2D eigenvalue weighted by Crippen LogP contribution is -2.10. The van der Waals surface area contributed by atoms with Gasteiger partial charge in [0.25, 0.3) is 0 Å². The van der Waals surface area contributed by atoms with Crippen LogP contribution in [0.2, 0.25) is 0 Å². The molecule has 1 aromatic heterocycles. The average Bonchev–Trinajstić information content (AvgIpc) is 2.64. The molecule has 0 aliphatic heterocycles. The molecular formula is C21H16FNO2. The van der Waals surface area contributed by atoms with Crippen LogP contribution in [0.15, 0.2) is 60.8 Å². The van der Waals surface area contributed by atoms with Crippen molar-refractivity contribution in [3.63, 3.8) is 0 Å². The van der Waals surface area contributed by atoms with Crippen molar-refractivity contribution in [3.05, 3.63) is 89.0 Å². The highest BCUT2D eigenvalue weighted by molar-refractivity contribution is 5.96. The topological polar surface area (TPSA) is 47.0 Å². The predicted molar refractivity (Wildman–Crippen MR) is 94.2 cm³/mol. The molecule has 25 heavy (non-hydrogen) atoms. The van der Waals surface area contributed by atoms with Gasteiger partial charge < -0.3 is 0 Å². The van der Waals surface area contributed by atoms with Gasteiger partial charge in [-0.15, -0.1) is 0 Å². The first kappa shape index (κ1) is 16.7. The van der Waals surface area contributed by atoms with Crippen LogP contribution in [0.25, 0.3) is 11.1 Å². The van der Waals surface area contributed by atoms with E-state index in [-0.39, 0.29) is 17.7 Å². The minimum Gasteiger partial charge on any atom is -0.298 e. The fourth-order valence-electron chi connectivity index (χ4n) is 2.78. The molecule has 0 saturated heterocycles. The number of carbonyl (C=O) groups excluding carboxylic acids is 2. The Morgan fingerprint density at radius 2 is 1.88 bits per heavy atom. The Hall–Kier alpha value is -3.14. The zero-order valence-electron chi connectivity index (χ0n) is 13.7. The number of halogens is 1. The van der Waals surface area contributed by atoms with E-state index in [9.17, 15) is 14.0 Å². The van der Waals surface area contributed by atoms with Crippen molar-refractivity contribution >= 4 is 12.1 Å². The number of ketones is 1. The number of carbonyl (C=O) groups is 2. The summed E-state index contributed by atoms with van der Waals surface area (Å²) < 4.78 is 14.0. The fraction of sp³-hybridized carbons (Fsp3) is 0.0952. The van der Waals surface area contributed by atoms with Crippen molar-refractivity contribution < 1.29 is 14.0 Å². The molecule has 3 rings (SSSR count). The van der Waals surface area contributed by atoms with E-state index in [0.717, 1.165) is 28.3 Å². The van der Waals surface area contributed by atoms with Crippen molar-refractivity contribution in [1.29, 1.82) is 0 Å². The number of hydrogen-bond acceptors (Lipinski definition) is 3. The van der Waals surface area contributed by atoms with Gasteiger partial charge in [0, 0.05) is 18.2 Å². The second-order valence-electron chi connectivity index (χ2n) is 5.77. The van der Waals surface area contributed by atoms with E-state index in [0.29, 0.717) is 6.29 Å². The maximum Gasteiger partial charge on any atom is 0.188 e. The van der Waals surface area contributed by atoms with Crippen molar-refractivity contribution in [2.45, 2.75) is 13.3 Å². The molecule has 3 nitrogen and oxygen atoms in total. The van der Waals surface area contributed by atoms with Gasteiger partial charge in [0.15, 0.2) is 17.9 Å². The fourth-order valence-corrected chi connectivity index (χ4v) is 2.78. The Morgan fingerprint density at radius 1 is 1.12 bits per heavy atom. The molecule has 3 aromatic rings. The Balaban J connectivity index is 1.91. The predicted octanol–water partition coefficient (Wildman–Crippen LogP) is 4.43. The molecule has 0 unspecified atom stereocenters. The van der Waals surface area contributed by atoms with E-state index < -0.39 is 11.6 Å². The monoisotopic (exact) mass is 333 g/mol. The largest absolute Gasteiger partial charge is 0.298 e. The molecule has 0 amide bonds. The number of benzene rings is 2. The van der Waals surface area contributed by atoms with Crippen LogP contribution >= 0.6 is 0 Å². The third-order valence-electron chi connectivity index (χ3n) is 4.14. The minimum absolute atomic E-state index is 0.0524. The molecular weight excluding hydrogens is 317 g/mol. The summed E-state index contributed by atoms with van der Waals surface area (Å²) in [4.78, 5) is 26.9. The molecule has 0 radical (unpaired) electrons. The van der Waals surface area contributed by atoms with Gasteiger partial charge in [0.1, 0.15) is 5.69 Å². The Bertz CT molecular complexity index is 936. The number of aldehydes is 1. The van der Waals surface area contributed by atoms with Crippen molar-refractivity contribution in [2.75, 3.05) is 0 Å². The summed E-state index contributed by atoms with van der Waals surface area (Å²) in [5.74, 6) is -1.19. The highest BCUT2D eigenvalue weighted by atomic mass is 19.1. The molecule has 124 valence electrons. The maximum absolute atomic E-state index is 14.0. The summed E-state index contributed by atoms with van der Waals surface area (Å²) in [5, 5.41) is 0. The van der Waals surface area contributed by atoms with E-state index in [1.165, 1.54) is 6.20 Å². The molecule has 0 N–H and O–H groups in total. The van der Waals surface area contributed by atoms with Crippen LogP contribution < -0.4 is 0 Å². The van der Waals surface area contributed by atoms with Gasteiger partial charge >= 0.3 is 0 Å². The van der Waals surface area contributed by atoms with Gasteiger partial charge in [-0.25, -0.2) is 9.37 Å². The van der Waals surface area contributed by atoms with E-state index >= 15 is 0 Å². The standard InChI is InChI=1S/C21H16FNO2/c1-14-17(8-5-9-18(14)16-6-3-2-4-7-16)11-20(25)21-19(22)10-15(13-24)12-23-21/h2-10,12-13H,11H2,1H3. The van der Waals surface area contributed by atoms with E-state index in [4.69, 9.17) is 0 Å². The van der Waals surface area contributed by atoms with Crippen molar-refractivity contribution in [2.24, 2.45) is 0 Å². The van der Waals surface area contributed by atoms with Gasteiger partial charge in [-0.2, -0.15) is 0 Å². The molecule has 0 bridgehead atoms. The van der Waals surface area contributed by atoms with Gasteiger partial charge in [0.2, 0.25) is 0 Å². The minimum atomic E-state index is -0.772. The molecule has 0 fully saturated rings. The van der Waals surface area contributed by atoms with Gasteiger partial charge in [-0.3, -0.25) is 9.59 Å². The molecule has 4 heteroatoms. The molecule has 0 atom stereocenters. The summed E-state index contributed by atoms with van der Waals surface area (Å²) >= 11 is 0. The second-order valence-corrected chi connectivity index (χ2v) is 5.77. The molecule has 0 aliphatic rings. The lowest BCUT2D eigenvalue weighted by molar-refractivity contribution is 0.0982. The Morgan fingerprint density at radius 3 is 2.56 bits per heavy atom. The number of hydrogen-bond donors (Lipinski definition) is 0. The van der Waals surface area contributed by atoms with Crippen LogP contribution in [0.3, 0.4) is 0 Å². The van der Waals surface area contributed by atoms with Gasteiger partial charge in [-0.05, 0) is 35.2 Å². The summed E-state index contributed by atoms with van der Waals surface area (Å²) in [5.41, 5.74) is 3.77. The van der Waals surface area contributed by atoms with Crippen LogP contribution in [0, 0.1) is 12.7 Å². The number of pyridine rings is 1. The summed E-state index contributed by atoms with van der Waals surface area (Å²) in [6, 6.07) is 16.6. The number of nitrogens with zero attached hydrogens (tertiary/aromatic N) is 1. The highest BCUT2D eigenvalue weighted by Gasteiger charge is 2.16. The summed E-state index contributed by atoms with van der Waals surface area (Å²) in [6.45, 7) is 1.95. The molecule has 0 saturated carbocycles. The first-order valence-electron chi connectivity index (χ1n) is 7.88. The van der Waals surface area contributed by atoms with Crippen LogP contribution in [0.5, 0.6) is 0 Å². The van der Waals surface area contributed by atoms with Crippen LogP contribution in [-0.4, -0.2) is 17.1 Å². The van der Waals surface area contributed by atoms with Gasteiger partial charge in [0.05, 0.1) is 0 Å². The van der Waals surface area contributed by atoms with Crippen LogP contribution in [0.4, 0.5) is 4.39 Å². The van der Waals surface area contributed by atoms with Crippen molar-refractivity contribution in [1.82, 2.24) is 4.98 Å². The zero-order chi connectivity index (χ0) is 17.8. The van der Waals surface area contributed by atoms with Gasteiger partial charge in [-0.1, -0.05) is 48.5 Å². The molecule has 0 aliphatic carbocycles. The van der Waals surface area contributed by atoms with Crippen LogP contribution in [-0.2, 0) is 6.42 Å². The van der Waals surface area contributed by atoms with E-state index in [1.807, 2.05) is 55.5 Å². The summed E-state index contributed by atoms with van der Waals surface area (Å²) in [6.07, 6.45) is 1.76. The third kappa shape index (κ3) is 3.53. The maximum atomic E-state index is 14.0. The second kappa shape index (κ2) is 7.18. The third-order valence-corrected chi connectivity index (χ3v) is 4.14. The number of Topliss-reactive ketones (excluding diaryl/α,β-unsaturated/α-hetero) is 1. The van der Waals surface area contributed by atoms with E-state index in [2.05, 4.69) is 4.98 Å². The Kier molecular flexibility index (Phi) is 4.80. The summed E-state index contributed by atoms with van der Waals surface area (Å²) in [7, 11) is 0. The molecule has 1 heterocycles. The lowest BCUT2D eigenvalue weighted by Gasteiger charge is -2.11. The van der Waals surface area contributed by atoms with Crippen LogP contribution in [0.1, 0.15) is 32.0 Å². The number of aromatic nitrogens is 1. The normalized spacial score (nSPS) is 10.5. The quantitative estimate of drug-likeness (QED) is 0.512. The smallest absolute Gasteiger partial charge is 0.188 e. The lowest BCUT2D eigenvalue weighted by atomic mass is 9.93. The number of rotatable bonds is 5. The molecule has 2 aromatic carbocycles. The van der Waals surface area contributed by atoms with Crippen molar-refractivity contribution in [3.8, 4) is 11.1 Å². The Labute approximate surface area is 145 Å².